The molecule has 39 heavy (non-hydrogen) atoms. The van der Waals surface area contributed by atoms with Crippen molar-refractivity contribution in [1.82, 2.24) is 5.32 Å². The molecule has 8 nitrogen and oxygen atoms in total. The predicted octanol–water partition coefficient (Wildman–Crippen LogP) is 6.13. The quantitative estimate of drug-likeness (QED) is 0.247. The molecular weight excluding hydrogens is 532 g/mol. The van der Waals surface area contributed by atoms with Gasteiger partial charge in [0, 0.05) is 11.3 Å². The molecule has 0 bridgehead atoms. The summed E-state index contributed by atoms with van der Waals surface area (Å²) in [7, 11) is -6.12. The van der Waals surface area contributed by atoms with E-state index in [0.717, 1.165) is 0 Å². The average Bonchev–Trinajstić information content (AvgIpc) is 2.82. The number of carboxylic acid groups (broad SMARTS) is 1. The third-order valence-electron chi connectivity index (χ3n) is 7.18. The Bertz CT molecular complexity index is 1230. The van der Waals surface area contributed by atoms with Crippen molar-refractivity contribution in [3.8, 4) is 0 Å². The van der Waals surface area contributed by atoms with Gasteiger partial charge >= 0.3 is 5.97 Å². The van der Waals surface area contributed by atoms with Crippen LogP contribution in [0.3, 0.4) is 0 Å². The molecule has 0 aliphatic carbocycles. The van der Waals surface area contributed by atoms with Crippen molar-refractivity contribution in [2.75, 3.05) is 4.72 Å². The molecule has 2 aromatic carbocycles. The van der Waals surface area contributed by atoms with Crippen molar-refractivity contribution in [3.05, 3.63) is 60.2 Å². The molecule has 0 aromatic heterocycles. The number of carbonyl (C=O) groups excluding carboxylic acids is 1. The Morgan fingerprint density at radius 1 is 0.974 bits per heavy atom. The Morgan fingerprint density at radius 3 is 2.13 bits per heavy atom. The van der Waals surface area contributed by atoms with Crippen molar-refractivity contribution in [2.45, 2.75) is 89.6 Å². The fourth-order valence-electron chi connectivity index (χ4n) is 3.90. The van der Waals surface area contributed by atoms with E-state index < -0.39 is 42.4 Å². The highest BCUT2D eigenvalue weighted by Gasteiger charge is 2.42. The van der Waals surface area contributed by atoms with Gasteiger partial charge in [-0.2, -0.15) is 0 Å². The summed E-state index contributed by atoms with van der Waals surface area (Å²) < 4.78 is 34.8. The summed E-state index contributed by atoms with van der Waals surface area (Å²) >= 11 is 0. The van der Waals surface area contributed by atoms with Crippen LogP contribution in [0.5, 0.6) is 0 Å². The van der Waals surface area contributed by atoms with Crippen LogP contribution in [0.25, 0.3) is 0 Å². The Morgan fingerprint density at radius 2 is 1.59 bits per heavy atom. The molecule has 10 heteroatoms. The maximum Gasteiger partial charge on any atom is 0.306 e. The molecular formula is C29H44N2O6SSi. The van der Waals surface area contributed by atoms with Crippen LogP contribution in [-0.2, 0) is 19.2 Å². The van der Waals surface area contributed by atoms with Crippen molar-refractivity contribution in [1.29, 1.82) is 0 Å². The van der Waals surface area contributed by atoms with Crippen molar-refractivity contribution >= 4 is 35.9 Å². The number of carboxylic acids is 1. The molecule has 216 valence electrons. The van der Waals surface area contributed by atoms with Gasteiger partial charge < -0.3 is 14.8 Å². The molecule has 0 saturated heterocycles. The summed E-state index contributed by atoms with van der Waals surface area (Å²) in [5.74, 6) is -1.73. The largest absolute Gasteiger partial charge is 0.481 e. The van der Waals surface area contributed by atoms with Gasteiger partial charge in [0.1, 0.15) is 0 Å². The van der Waals surface area contributed by atoms with Crippen molar-refractivity contribution < 1.29 is 27.5 Å². The number of sulfonamides is 1. The first kappa shape index (κ1) is 32.5. The Balaban J connectivity index is 2.35. The van der Waals surface area contributed by atoms with Crippen LogP contribution in [0, 0.1) is 11.8 Å². The Labute approximate surface area is 234 Å². The molecule has 3 N–H and O–H groups in total. The maximum atomic E-state index is 13.5. The van der Waals surface area contributed by atoms with Crippen LogP contribution in [-0.4, -0.2) is 45.9 Å². The number of anilines is 1. The first-order chi connectivity index (χ1) is 17.9. The second kappa shape index (κ2) is 13.1. The Hall–Kier alpha value is -2.69. The molecule has 3 atom stereocenters. The smallest absolute Gasteiger partial charge is 0.306 e. The van der Waals surface area contributed by atoms with Gasteiger partial charge in [-0.1, -0.05) is 65.8 Å². The molecule has 0 aliphatic rings. The zero-order valence-electron chi connectivity index (χ0n) is 24.3. The minimum atomic E-state index is -3.82. The number of hydrogen-bond acceptors (Lipinski definition) is 5. The summed E-state index contributed by atoms with van der Waals surface area (Å²) in [5, 5.41) is 12.6. The van der Waals surface area contributed by atoms with E-state index in [1.165, 1.54) is 18.2 Å². The normalized spacial score (nSPS) is 14.9. The van der Waals surface area contributed by atoms with E-state index >= 15 is 0 Å². The van der Waals surface area contributed by atoms with Gasteiger partial charge in [-0.3, -0.25) is 14.3 Å². The third-order valence-corrected chi connectivity index (χ3v) is 13.1. The molecule has 0 unspecified atom stereocenters. The first-order valence-electron chi connectivity index (χ1n) is 13.3. The maximum absolute atomic E-state index is 13.5. The number of benzene rings is 2. The third kappa shape index (κ3) is 9.47. The standard InChI is InChI=1S/C29H44N2O6SSi/c1-20(2)17-25(26(18-21(3)28(33)34)37-39(7,8)29(4,5)6)30-27(32)22-13-12-14-23(19-22)31-38(35,36)24-15-10-9-11-16-24/h9-16,19-21,25-26,31H,17-18H2,1-8H3,(H,30,32)(H,33,34)/t21-,25+,26+/m1/s1. The molecule has 2 aromatic rings. The highest BCUT2D eigenvalue weighted by Crippen LogP contribution is 2.39. The van der Waals surface area contributed by atoms with E-state index in [9.17, 15) is 23.1 Å². The minimum Gasteiger partial charge on any atom is -0.481 e. The van der Waals surface area contributed by atoms with Crippen molar-refractivity contribution in [2.24, 2.45) is 11.8 Å². The number of rotatable bonds is 13. The number of hydrogen-bond donors (Lipinski definition) is 3. The van der Waals surface area contributed by atoms with Gasteiger partial charge in [-0.05, 0) is 67.2 Å². The van der Waals surface area contributed by atoms with Gasteiger partial charge in [0.05, 0.1) is 23.0 Å². The van der Waals surface area contributed by atoms with E-state index in [-0.39, 0.29) is 39.4 Å². The van der Waals surface area contributed by atoms with E-state index in [4.69, 9.17) is 4.43 Å². The molecule has 1 amide bonds. The Kier molecular flexibility index (Phi) is 10.9. The van der Waals surface area contributed by atoms with Crippen LogP contribution in [0.2, 0.25) is 18.1 Å². The van der Waals surface area contributed by atoms with E-state index in [1.54, 1.807) is 43.3 Å². The fourth-order valence-corrected chi connectivity index (χ4v) is 6.34. The molecule has 0 heterocycles. The van der Waals surface area contributed by atoms with Gasteiger partial charge in [-0.15, -0.1) is 0 Å². The molecule has 0 radical (unpaired) electrons. The molecule has 0 saturated carbocycles. The summed E-state index contributed by atoms with van der Waals surface area (Å²) in [6, 6.07) is 13.9. The van der Waals surface area contributed by atoms with Gasteiger partial charge in [0.2, 0.25) is 0 Å². The number of nitrogens with one attached hydrogen (secondary N) is 2. The van der Waals surface area contributed by atoms with E-state index in [1.807, 2.05) is 13.8 Å². The number of carbonyl (C=O) groups is 2. The highest BCUT2D eigenvalue weighted by molar-refractivity contribution is 7.92. The lowest BCUT2D eigenvalue weighted by atomic mass is 9.92. The van der Waals surface area contributed by atoms with E-state index in [0.29, 0.717) is 6.42 Å². The highest BCUT2D eigenvalue weighted by atomic mass is 32.2. The van der Waals surface area contributed by atoms with Gasteiger partial charge in [-0.25, -0.2) is 8.42 Å². The first-order valence-corrected chi connectivity index (χ1v) is 17.7. The van der Waals surface area contributed by atoms with Crippen LogP contribution < -0.4 is 10.0 Å². The van der Waals surface area contributed by atoms with Crippen LogP contribution in [0.15, 0.2) is 59.5 Å². The fraction of sp³-hybridized carbons (Fsp3) is 0.517. The molecule has 0 aliphatic heterocycles. The predicted molar refractivity (Wildman–Crippen MR) is 158 cm³/mol. The summed E-state index contributed by atoms with van der Waals surface area (Å²) in [5.41, 5.74) is 0.551. The van der Waals surface area contributed by atoms with Crippen molar-refractivity contribution in [3.63, 3.8) is 0 Å². The number of aliphatic carboxylic acids is 1. The number of amides is 1. The van der Waals surface area contributed by atoms with Crippen LogP contribution >= 0.6 is 0 Å². The van der Waals surface area contributed by atoms with Gasteiger partial charge in [0.25, 0.3) is 15.9 Å². The lowest BCUT2D eigenvalue weighted by Gasteiger charge is -2.42. The van der Waals surface area contributed by atoms with Crippen LogP contribution in [0.4, 0.5) is 5.69 Å². The second-order valence-electron chi connectivity index (χ2n) is 12.1. The molecule has 0 spiro atoms. The SMILES string of the molecule is CC(C)C[C@H](NC(=O)c1cccc(NS(=O)(=O)c2ccccc2)c1)[C@H](C[C@@H](C)C(=O)O)O[Si](C)(C)C(C)(C)C. The molecule has 2 rings (SSSR count). The average molecular weight is 577 g/mol. The second-order valence-corrected chi connectivity index (χ2v) is 18.5. The minimum absolute atomic E-state index is 0.103. The zero-order valence-corrected chi connectivity index (χ0v) is 26.1. The summed E-state index contributed by atoms with van der Waals surface area (Å²) in [6.07, 6.45) is 0.358. The van der Waals surface area contributed by atoms with Crippen LogP contribution in [0.1, 0.15) is 64.7 Å². The lowest BCUT2D eigenvalue weighted by molar-refractivity contribution is -0.142. The summed E-state index contributed by atoms with van der Waals surface area (Å²) in [6.45, 7) is 16.3. The molecule has 0 fully saturated rings. The topological polar surface area (TPSA) is 122 Å². The summed E-state index contributed by atoms with van der Waals surface area (Å²) in [4.78, 5) is 25.3. The zero-order chi connectivity index (χ0) is 29.6. The monoisotopic (exact) mass is 576 g/mol. The lowest BCUT2D eigenvalue weighted by Crippen LogP contribution is -2.53. The van der Waals surface area contributed by atoms with E-state index in [2.05, 4.69) is 43.9 Å². The van der Waals surface area contributed by atoms with Gasteiger partial charge in [0.15, 0.2) is 8.32 Å².